The van der Waals surface area contributed by atoms with Crippen LogP contribution in [0, 0.1) is 19.0 Å². The fourth-order valence-corrected chi connectivity index (χ4v) is 8.42. The molecule has 0 aliphatic heterocycles. The van der Waals surface area contributed by atoms with Crippen molar-refractivity contribution in [3.05, 3.63) is 152 Å². The van der Waals surface area contributed by atoms with E-state index in [1.807, 2.05) is 22.8 Å². The molecule has 0 spiro atoms. The van der Waals surface area contributed by atoms with Gasteiger partial charge in [0.1, 0.15) is 11.5 Å². The average molecular weight is 782 g/mol. The van der Waals surface area contributed by atoms with E-state index in [2.05, 4.69) is 137 Å². The van der Waals surface area contributed by atoms with Crippen molar-refractivity contribution in [3.8, 4) is 17.2 Å². The minimum Gasteiger partial charge on any atom is -0.319 e. The van der Waals surface area contributed by atoms with E-state index in [-0.39, 0.29) is 26.6 Å². The van der Waals surface area contributed by atoms with Gasteiger partial charge in [0.05, 0.1) is 8.07 Å². The van der Waals surface area contributed by atoms with Gasteiger partial charge < -0.3 is 4.57 Å². The number of rotatable bonds is 5. The summed E-state index contributed by atoms with van der Waals surface area (Å²) < 4.78 is 30.4. The number of fused-ring (bicyclic) bond motifs is 4. The minimum atomic E-state index is -2.33. The molecule has 222 valence electrons. The molecule has 0 atom stereocenters. The molecule has 3 heterocycles. The molecule has 45 heavy (non-hydrogen) atoms. The van der Waals surface area contributed by atoms with Gasteiger partial charge in [0, 0.05) is 54.7 Å². The monoisotopic (exact) mass is 781 g/mol. The summed E-state index contributed by atoms with van der Waals surface area (Å²) in [6.07, 6.45) is 3.72. The van der Waals surface area contributed by atoms with Crippen LogP contribution in [0.15, 0.2) is 134 Å². The van der Waals surface area contributed by atoms with Crippen molar-refractivity contribution >= 4 is 51.3 Å². The number of benzene rings is 5. The smallest absolute Gasteiger partial charge is 0.168 e. The summed E-state index contributed by atoms with van der Waals surface area (Å²) in [4.78, 5) is 4.63. The largest absolute Gasteiger partial charge is 0.319 e. The van der Waals surface area contributed by atoms with E-state index in [4.69, 9.17) is 4.11 Å². The van der Waals surface area contributed by atoms with Crippen LogP contribution in [0.2, 0.25) is 13.1 Å². The van der Waals surface area contributed by atoms with Gasteiger partial charge in [0.15, 0.2) is 17.4 Å². The van der Waals surface area contributed by atoms with Gasteiger partial charge in [-0.05, 0) is 48.1 Å². The van der Waals surface area contributed by atoms with Crippen molar-refractivity contribution in [2.75, 3.05) is 0 Å². The van der Waals surface area contributed by atoms with Crippen LogP contribution in [-0.2, 0) is 21.1 Å². The molecule has 0 bridgehead atoms. The van der Waals surface area contributed by atoms with Crippen molar-refractivity contribution in [3.63, 3.8) is 0 Å². The van der Waals surface area contributed by atoms with Crippen molar-refractivity contribution in [1.82, 2.24) is 18.7 Å². The summed E-state index contributed by atoms with van der Waals surface area (Å²) >= 11 is 0. The van der Waals surface area contributed by atoms with E-state index in [9.17, 15) is 0 Å². The fraction of sp³-hybridized carbons (Fsp3) is 0.0769. The molecule has 6 heteroatoms. The maximum atomic E-state index is 7.99. The number of nitrogens with zero attached hydrogens (tertiary/aromatic N) is 4. The first kappa shape index (κ1) is 25.7. The first-order valence-corrected chi connectivity index (χ1v) is 17.7. The molecule has 0 aliphatic carbocycles. The van der Waals surface area contributed by atoms with Gasteiger partial charge in [0.2, 0.25) is 0 Å². The molecule has 3 aromatic heterocycles. The standard InChI is InChI=1S/C39H31N4Si.Pt/c1-28-22-23-40-39(24-28)43-35-17-8-7-16-33(35)34-21-20-32(26-38(34)43)44(2,3)31-15-11-14-30(25-31)42-27-41(29-12-5-4-6-13-29)36-18-9-10-19-37(36)42;/h4-24,27H,1-3H3;/q-1;/i1D3;. The third kappa shape index (κ3) is 4.88. The maximum absolute atomic E-state index is 7.99. The molecular weight excluding hydrogens is 748 g/mol. The van der Waals surface area contributed by atoms with Crippen LogP contribution in [0.1, 0.15) is 9.68 Å². The number of aryl methyl sites for hydroxylation is 1. The quantitative estimate of drug-likeness (QED) is 0.129. The summed E-state index contributed by atoms with van der Waals surface area (Å²) in [5, 5.41) is 4.42. The van der Waals surface area contributed by atoms with Crippen molar-refractivity contribution in [1.29, 1.82) is 0 Å². The second-order valence-corrected chi connectivity index (χ2v) is 16.0. The van der Waals surface area contributed by atoms with Gasteiger partial charge in [-0.15, -0.1) is 17.5 Å². The van der Waals surface area contributed by atoms with E-state index >= 15 is 0 Å². The van der Waals surface area contributed by atoms with E-state index in [0.29, 0.717) is 5.82 Å². The summed E-state index contributed by atoms with van der Waals surface area (Å²) in [6, 6.07) is 48.6. The van der Waals surface area contributed by atoms with E-state index in [0.717, 1.165) is 49.4 Å². The van der Waals surface area contributed by atoms with E-state index in [1.165, 1.54) is 5.19 Å². The molecule has 0 unspecified atom stereocenters. The zero-order valence-electron chi connectivity index (χ0n) is 27.8. The molecule has 0 N–H and O–H groups in total. The summed E-state index contributed by atoms with van der Waals surface area (Å²) in [5.41, 5.74) is 6.42. The Hall–Kier alpha value is -4.57. The molecule has 8 rings (SSSR count). The van der Waals surface area contributed by atoms with Crippen molar-refractivity contribution in [2.24, 2.45) is 0 Å². The second-order valence-electron chi connectivity index (χ2n) is 11.6. The van der Waals surface area contributed by atoms with Gasteiger partial charge in [-0.1, -0.05) is 67.1 Å². The fourth-order valence-electron chi connectivity index (χ4n) is 6.24. The SMILES string of the molecule is [2H]C([2H])([2H])c1ccnc(-n2c3[c-]c([Si](C)(C)c4[c-]c(-n5[cH+]n(-c6ccccc6)c6ccccc65)ccc4)ccc3c3ccccc32)c1.[Pt]. The number of hydrogen-bond donors (Lipinski definition) is 0. The zero-order chi connectivity index (χ0) is 32.3. The molecule has 0 radical (unpaired) electrons. The van der Waals surface area contributed by atoms with Crippen LogP contribution < -0.4 is 10.4 Å². The second kappa shape index (κ2) is 11.4. The van der Waals surface area contributed by atoms with Crippen LogP contribution in [-0.4, -0.2) is 26.8 Å². The van der Waals surface area contributed by atoms with Gasteiger partial charge in [-0.2, -0.15) is 45.3 Å². The molecule has 0 amide bonds. The van der Waals surface area contributed by atoms with Gasteiger partial charge in [0.25, 0.3) is 0 Å². The Morgan fingerprint density at radius 2 is 1.40 bits per heavy atom. The Labute approximate surface area is 282 Å². The van der Waals surface area contributed by atoms with Crippen LogP contribution in [0.5, 0.6) is 0 Å². The minimum absolute atomic E-state index is 0. The summed E-state index contributed by atoms with van der Waals surface area (Å²) in [7, 11) is -2.33. The third-order valence-corrected chi connectivity index (χ3v) is 11.9. The Morgan fingerprint density at radius 1 is 0.689 bits per heavy atom. The molecule has 5 aromatic carbocycles. The van der Waals surface area contributed by atoms with E-state index < -0.39 is 14.9 Å². The Kier molecular flexibility index (Phi) is 6.52. The van der Waals surface area contributed by atoms with Crippen molar-refractivity contribution < 1.29 is 25.2 Å². The number of pyridine rings is 1. The first-order chi connectivity index (χ1) is 22.7. The molecule has 0 saturated heterocycles. The maximum Gasteiger partial charge on any atom is 0.168 e. The predicted molar refractivity (Wildman–Crippen MR) is 185 cm³/mol. The summed E-state index contributed by atoms with van der Waals surface area (Å²) in [6.45, 7) is 2.43. The Morgan fingerprint density at radius 3 is 2.20 bits per heavy atom. The molecule has 0 saturated carbocycles. The first-order valence-electron chi connectivity index (χ1n) is 16.2. The molecule has 0 aliphatic rings. The van der Waals surface area contributed by atoms with Crippen LogP contribution in [0.25, 0.3) is 50.0 Å². The van der Waals surface area contributed by atoms with Gasteiger partial charge in [-0.25, -0.2) is 9.55 Å². The van der Waals surface area contributed by atoms with Crippen LogP contribution in [0.4, 0.5) is 0 Å². The third-order valence-electron chi connectivity index (χ3n) is 8.61. The molecular formula is C39H31N4PtSi-. The van der Waals surface area contributed by atoms with Gasteiger partial charge >= 0.3 is 0 Å². The number of para-hydroxylation sites is 4. The number of imidazole rings is 1. The average Bonchev–Trinajstić information content (AvgIpc) is 3.65. The van der Waals surface area contributed by atoms with Gasteiger partial charge in [-0.3, -0.25) is 0 Å². The molecule has 0 fully saturated rings. The van der Waals surface area contributed by atoms with E-state index in [1.54, 1.807) is 18.3 Å². The number of aromatic nitrogens is 4. The Bertz CT molecular complexity index is 2450. The summed E-state index contributed by atoms with van der Waals surface area (Å²) in [5.74, 6) is 0.567. The van der Waals surface area contributed by atoms with Crippen LogP contribution >= 0.6 is 0 Å². The molecule has 8 aromatic rings. The number of hydrogen-bond acceptors (Lipinski definition) is 1. The topological polar surface area (TPSA) is 27.7 Å². The van der Waals surface area contributed by atoms with Crippen molar-refractivity contribution in [2.45, 2.75) is 19.9 Å². The normalized spacial score (nSPS) is 13.0. The zero-order valence-corrected chi connectivity index (χ0v) is 28.1. The predicted octanol–water partition coefficient (Wildman–Crippen LogP) is 7.92. The molecule has 4 nitrogen and oxygen atoms in total. The van der Waals surface area contributed by atoms with Crippen LogP contribution in [0.3, 0.4) is 0 Å². The Balaban J connectivity index is 0.00000364.